The molecule has 25 heavy (non-hydrogen) atoms. The molecule has 0 aromatic heterocycles. The molecule has 2 rings (SSSR count). The SMILES string of the molecule is C=C(CN)C(=O)OCC1CCC(C2CCC(CCCCC)CC2)CC1. The number of nitrogens with two attached hydrogens (primary N) is 1. The second-order valence-corrected chi connectivity index (χ2v) is 8.46. The van der Waals surface area contributed by atoms with E-state index in [9.17, 15) is 4.79 Å². The van der Waals surface area contributed by atoms with Gasteiger partial charge in [0.15, 0.2) is 0 Å². The van der Waals surface area contributed by atoms with Crippen LogP contribution in [0.25, 0.3) is 0 Å². The molecule has 0 amide bonds. The summed E-state index contributed by atoms with van der Waals surface area (Å²) in [5, 5.41) is 0. The Labute approximate surface area is 154 Å². The molecule has 144 valence electrons. The molecule has 0 aliphatic heterocycles. The van der Waals surface area contributed by atoms with Crippen molar-refractivity contribution in [2.75, 3.05) is 13.2 Å². The Bertz CT molecular complexity index is 404. The topological polar surface area (TPSA) is 52.3 Å². The van der Waals surface area contributed by atoms with E-state index < -0.39 is 0 Å². The number of hydrogen-bond acceptors (Lipinski definition) is 3. The summed E-state index contributed by atoms with van der Waals surface area (Å²) in [6, 6.07) is 0. The van der Waals surface area contributed by atoms with Crippen molar-refractivity contribution in [3.63, 3.8) is 0 Å². The minimum Gasteiger partial charge on any atom is -0.462 e. The monoisotopic (exact) mass is 349 g/mol. The first-order valence-electron chi connectivity index (χ1n) is 10.7. The second kappa shape index (κ2) is 11.0. The van der Waals surface area contributed by atoms with E-state index in [0.717, 1.165) is 17.8 Å². The van der Waals surface area contributed by atoms with Crippen molar-refractivity contribution in [1.82, 2.24) is 0 Å². The van der Waals surface area contributed by atoms with E-state index in [4.69, 9.17) is 10.5 Å². The van der Waals surface area contributed by atoms with Gasteiger partial charge in [0.1, 0.15) is 0 Å². The van der Waals surface area contributed by atoms with Gasteiger partial charge in [0, 0.05) is 12.1 Å². The molecule has 0 unspecified atom stereocenters. The largest absolute Gasteiger partial charge is 0.462 e. The van der Waals surface area contributed by atoms with Crippen molar-refractivity contribution in [1.29, 1.82) is 0 Å². The fraction of sp³-hybridized carbons (Fsp3) is 0.864. The molecule has 2 saturated carbocycles. The maximum absolute atomic E-state index is 11.7. The summed E-state index contributed by atoms with van der Waals surface area (Å²) in [7, 11) is 0. The summed E-state index contributed by atoms with van der Waals surface area (Å²) < 4.78 is 5.36. The first-order chi connectivity index (χ1) is 12.1. The molecule has 0 radical (unpaired) electrons. The van der Waals surface area contributed by atoms with Gasteiger partial charge in [-0.15, -0.1) is 0 Å². The van der Waals surface area contributed by atoms with Gasteiger partial charge < -0.3 is 10.5 Å². The van der Waals surface area contributed by atoms with E-state index in [1.807, 2.05) is 0 Å². The van der Waals surface area contributed by atoms with Crippen LogP contribution >= 0.6 is 0 Å². The molecule has 0 heterocycles. The molecule has 2 N–H and O–H groups in total. The van der Waals surface area contributed by atoms with Crippen LogP contribution in [-0.2, 0) is 9.53 Å². The summed E-state index contributed by atoms with van der Waals surface area (Å²) in [5.41, 5.74) is 5.80. The standard InChI is InChI=1S/C22H39NO2/c1-3-4-5-6-18-7-11-20(12-8-18)21-13-9-19(10-14-21)16-25-22(24)17(2)15-23/h18-21H,2-16,23H2,1H3. The van der Waals surface area contributed by atoms with E-state index in [-0.39, 0.29) is 12.5 Å². The zero-order valence-electron chi connectivity index (χ0n) is 16.3. The van der Waals surface area contributed by atoms with Crippen LogP contribution in [0, 0.1) is 23.7 Å². The molecule has 0 aromatic rings. The minimum atomic E-state index is -0.314. The molecule has 2 aliphatic carbocycles. The number of rotatable bonds is 9. The van der Waals surface area contributed by atoms with Crippen LogP contribution in [-0.4, -0.2) is 19.1 Å². The number of ether oxygens (including phenoxy) is 1. The number of carbonyl (C=O) groups excluding carboxylic acids is 1. The average Bonchev–Trinajstić information content (AvgIpc) is 2.66. The lowest BCUT2D eigenvalue weighted by molar-refractivity contribution is -0.140. The molecule has 0 saturated heterocycles. The van der Waals surface area contributed by atoms with Crippen LogP contribution in [0.15, 0.2) is 12.2 Å². The van der Waals surface area contributed by atoms with Gasteiger partial charge in [-0.05, 0) is 62.2 Å². The first kappa shape index (κ1) is 20.5. The highest BCUT2D eigenvalue weighted by Gasteiger charge is 2.31. The number of hydrogen-bond donors (Lipinski definition) is 1. The molecular formula is C22H39NO2. The van der Waals surface area contributed by atoms with Crippen LogP contribution in [0.2, 0.25) is 0 Å². The van der Waals surface area contributed by atoms with Crippen LogP contribution in [0.1, 0.15) is 84.0 Å². The Balaban J connectivity index is 1.61. The molecule has 2 fully saturated rings. The second-order valence-electron chi connectivity index (χ2n) is 8.46. The third kappa shape index (κ3) is 6.77. The van der Waals surface area contributed by atoms with Crippen LogP contribution < -0.4 is 5.73 Å². The number of unbranched alkanes of at least 4 members (excludes halogenated alkanes) is 2. The lowest BCUT2D eigenvalue weighted by Crippen LogP contribution is -2.28. The Morgan fingerprint density at radius 3 is 2.04 bits per heavy atom. The van der Waals surface area contributed by atoms with Crippen LogP contribution in [0.5, 0.6) is 0 Å². The molecule has 0 atom stereocenters. The molecule has 0 bridgehead atoms. The fourth-order valence-corrected chi connectivity index (χ4v) is 4.84. The maximum atomic E-state index is 11.7. The van der Waals surface area contributed by atoms with E-state index >= 15 is 0 Å². The Morgan fingerprint density at radius 1 is 0.960 bits per heavy atom. The molecule has 0 spiro atoms. The van der Waals surface area contributed by atoms with Gasteiger partial charge in [-0.3, -0.25) is 0 Å². The van der Waals surface area contributed by atoms with E-state index in [0.29, 0.717) is 18.1 Å². The Hall–Kier alpha value is -0.830. The van der Waals surface area contributed by atoms with Gasteiger partial charge >= 0.3 is 5.97 Å². The smallest absolute Gasteiger partial charge is 0.334 e. The highest BCUT2D eigenvalue weighted by Crippen LogP contribution is 2.42. The summed E-state index contributed by atoms with van der Waals surface area (Å²) in [6.45, 7) is 6.67. The average molecular weight is 350 g/mol. The lowest BCUT2D eigenvalue weighted by Gasteiger charge is -2.37. The summed E-state index contributed by atoms with van der Waals surface area (Å²) in [4.78, 5) is 11.7. The van der Waals surface area contributed by atoms with Crippen molar-refractivity contribution in [3.05, 3.63) is 12.2 Å². The van der Waals surface area contributed by atoms with Crippen molar-refractivity contribution in [2.24, 2.45) is 29.4 Å². The first-order valence-corrected chi connectivity index (χ1v) is 10.7. The van der Waals surface area contributed by atoms with Gasteiger partial charge in [0.05, 0.1) is 6.61 Å². The lowest BCUT2D eigenvalue weighted by atomic mass is 9.69. The number of esters is 1. The molecular weight excluding hydrogens is 310 g/mol. The molecule has 3 nitrogen and oxygen atoms in total. The van der Waals surface area contributed by atoms with E-state index in [1.165, 1.54) is 77.0 Å². The predicted octanol–water partition coefficient (Wildman–Crippen LogP) is 5.24. The minimum absolute atomic E-state index is 0.187. The zero-order valence-corrected chi connectivity index (χ0v) is 16.3. The quantitative estimate of drug-likeness (QED) is 0.352. The third-order valence-corrected chi connectivity index (χ3v) is 6.65. The molecule has 2 aliphatic rings. The molecule has 0 aromatic carbocycles. The predicted molar refractivity (Wildman–Crippen MR) is 104 cm³/mol. The van der Waals surface area contributed by atoms with E-state index in [1.54, 1.807) is 0 Å². The van der Waals surface area contributed by atoms with Crippen molar-refractivity contribution in [3.8, 4) is 0 Å². The van der Waals surface area contributed by atoms with Gasteiger partial charge in [-0.25, -0.2) is 4.79 Å². The summed E-state index contributed by atoms with van der Waals surface area (Å²) in [6.07, 6.45) is 16.6. The highest BCUT2D eigenvalue weighted by molar-refractivity contribution is 5.88. The van der Waals surface area contributed by atoms with Crippen LogP contribution in [0.4, 0.5) is 0 Å². The Morgan fingerprint density at radius 2 is 1.52 bits per heavy atom. The molecule has 3 heteroatoms. The highest BCUT2D eigenvalue weighted by atomic mass is 16.5. The Kier molecular flexibility index (Phi) is 9.02. The van der Waals surface area contributed by atoms with Gasteiger partial charge in [-0.1, -0.05) is 52.0 Å². The summed E-state index contributed by atoms with van der Waals surface area (Å²) >= 11 is 0. The number of carbonyl (C=O) groups is 1. The van der Waals surface area contributed by atoms with Crippen molar-refractivity contribution < 1.29 is 9.53 Å². The zero-order chi connectivity index (χ0) is 18.1. The van der Waals surface area contributed by atoms with Gasteiger partial charge in [0.25, 0.3) is 0 Å². The van der Waals surface area contributed by atoms with Gasteiger partial charge in [-0.2, -0.15) is 0 Å². The fourth-order valence-electron chi connectivity index (χ4n) is 4.84. The summed E-state index contributed by atoms with van der Waals surface area (Å²) in [5.74, 6) is 3.11. The maximum Gasteiger partial charge on any atom is 0.334 e. The van der Waals surface area contributed by atoms with Crippen molar-refractivity contribution >= 4 is 5.97 Å². The van der Waals surface area contributed by atoms with Gasteiger partial charge in [0.2, 0.25) is 0 Å². The normalized spacial score (nSPS) is 30.0. The third-order valence-electron chi connectivity index (χ3n) is 6.65. The van der Waals surface area contributed by atoms with E-state index in [2.05, 4.69) is 13.5 Å². The van der Waals surface area contributed by atoms with Crippen molar-refractivity contribution in [2.45, 2.75) is 84.0 Å². The van der Waals surface area contributed by atoms with Crippen LogP contribution in [0.3, 0.4) is 0 Å².